The highest BCUT2D eigenvalue weighted by Crippen LogP contribution is 2.32. The van der Waals surface area contributed by atoms with E-state index in [1.54, 1.807) is 0 Å². The fourth-order valence-corrected chi connectivity index (χ4v) is 3.46. The second-order valence-electron chi connectivity index (χ2n) is 5.80. The molecule has 2 atom stereocenters. The van der Waals surface area contributed by atoms with Crippen LogP contribution in [0, 0.1) is 0 Å². The molecule has 1 saturated heterocycles. The fraction of sp³-hybridized carbons (Fsp3) is 0.625. The number of fused-ring (bicyclic) bond motifs is 1. The van der Waals surface area contributed by atoms with Crippen LogP contribution in [0.2, 0.25) is 0 Å². The summed E-state index contributed by atoms with van der Waals surface area (Å²) in [5.74, 6) is 1.06. The summed E-state index contributed by atoms with van der Waals surface area (Å²) in [6.07, 6.45) is 4.99. The van der Waals surface area contributed by atoms with Gasteiger partial charge >= 0.3 is 0 Å². The summed E-state index contributed by atoms with van der Waals surface area (Å²) in [6.45, 7) is 5.03. The number of benzene rings is 1. The average Bonchev–Trinajstić information content (AvgIpc) is 2.89. The zero-order valence-corrected chi connectivity index (χ0v) is 11.8. The van der Waals surface area contributed by atoms with Crippen LogP contribution in [0.4, 0.5) is 0 Å². The summed E-state index contributed by atoms with van der Waals surface area (Å²) >= 11 is 0. The standard InChI is InChI=1S/C16H24N2O/c1-12-4-2-3-8-18(12)15(11-17)13-5-6-16-14(10-13)7-9-19-16/h5-6,10,12,15H,2-4,7-9,11,17H2,1H3. The van der Waals surface area contributed by atoms with Crippen molar-refractivity contribution in [1.82, 2.24) is 4.90 Å². The highest BCUT2D eigenvalue weighted by molar-refractivity contribution is 5.41. The van der Waals surface area contributed by atoms with Crippen LogP contribution in [0.1, 0.15) is 43.4 Å². The van der Waals surface area contributed by atoms with E-state index < -0.39 is 0 Å². The Bertz CT molecular complexity index is 446. The molecule has 2 N–H and O–H groups in total. The van der Waals surface area contributed by atoms with Gasteiger partial charge < -0.3 is 10.5 Å². The fourth-order valence-electron chi connectivity index (χ4n) is 3.46. The molecule has 1 fully saturated rings. The van der Waals surface area contributed by atoms with E-state index in [-0.39, 0.29) is 0 Å². The summed E-state index contributed by atoms with van der Waals surface area (Å²) in [6, 6.07) is 7.63. The van der Waals surface area contributed by atoms with Gasteiger partial charge in [0, 0.05) is 25.0 Å². The lowest BCUT2D eigenvalue weighted by Crippen LogP contribution is -2.43. The first-order chi connectivity index (χ1) is 9.29. The molecule has 0 radical (unpaired) electrons. The van der Waals surface area contributed by atoms with Crippen LogP contribution in [0.3, 0.4) is 0 Å². The topological polar surface area (TPSA) is 38.5 Å². The average molecular weight is 260 g/mol. The van der Waals surface area contributed by atoms with Gasteiger partial charge in [-0.2, -0.15) is 0 Å². The van der Waals surface area contributed by atoms with Crippen molar-refractivity contribution >= 4 is 0 Å². The summed E-state index contributed by atoms with van der Waals surface area (Å²) in [7, 11) is 0. The van der Waals surface area contributed by atoms with Crippen LogP contribution in [-0.2, 0) is 6.42 Å². The lowest BCUT2D eigenvalue weighted by atomic mass is 9.96. The number of hydrogen-bond donors (Lipinski definition) is 1. The van der Waals surface area contributed by atoms with Gasteiger partial charge in [0.25, 0.3) is 0 Å². The van der Waals surface area contributed by atoms with Crippen molar-refractivity contribution in [3.8, 4) is 5.75 Å². The van der Waals surface area contributed by atoms with E-state index in [1.807, 2.05) is 0 Å². The van der Waals surface area contributed by atoms with Gasteiger partial charge in [0.1, 0.15) is 5.75 Å². The molecule has 0 bridgehead atoms. The SMILES string of the molecule is CC1CCCCN1C(CN)c1ccc2c(c1)CCO2. The molecule has 1 aromatic carbocycles. The van der Waals surface area contributed by atoms with Crippen molar-refractivity contribution in [2.24, 2.45) is 5.73 Å². The third kappa shape index (κ3) is 2.49. The van der Waals surface area contributed by atoms with Gasteiger partial charge in [-0.3, -0.25) is 4.90 Å². The van der Waals surface area contributed by atoms with Crippen LogP contribution < -0.4 is 10.5 Å². The lowest BCUT2D eigenvalue weighted by Gasteiger charge is -2.39. The van der Waals surface area contributed by atoms with Gasteiger partial charge in [-0.1, -0.05) is 18.6 Å². The van der Waals surface area contributed by atoms with Crippen molar-refractivity contribution in [3.05, 3.63) is 29.3 Å². The molecule has 104 valence electrons. The maximum atomic E-state index is 6.07. The molecule has 2 heterocycles. The van der Waals surface area contributed by atoms with Crippen molar-refractivity contribution in [2.45, 2.75) is 44.7 Å². The van der Waals surface area contributed by atoms with Gasteiger partial charge in [0.15, 0.2) is 0 Å². The van der Waals surface area contributed by atoms with Crippen molar-refractivity contribution in [3.63, 3.8) is 0 Å². The maximum Gasteiger partial charge on any atom is 0.122 e. The minimum atomic E-state index is 0.362. The quantitative estimate of drug-likeness (QED) is 0.907. The predicted molar refractivity (Wildman–Crippen MR) is 77.5 cm³/mol. The number of nitrogens with two attached hydrogens (primary N) is 1. The van der Waals surface area contributed by atoms with Crippen LogP contribution in [0.5, 0.6) is 5.75 Å². The normalized spacial score (nSPS) is 24.8. The summed E-state index contributed by atoms with van der Waals surface area (Å²) in [5.41, 5.74) is 8.78. The molecule has 19 heavy (non-hydrogen) atoms. The number of rotatable bonds is 3. The molecule has 2 aliphatic rings. The first-order valence-corrected chi connectivity index (χ1v) is 7.51. The monoisotopic (exact) mass is 260 g/mol. The Morgan fingerprint density at radius 3 is 3.11 bits per heavy atom. The van der Waals surface area contributed by atoms with E-state index >= 15 is 0 Å². The van der Waals surface area contributed by atoms with Crippen LogP contribution in [0.15, 0.2) is 18.2 Å². The van der Waals surface area contributed by atoms with Crippen LogP contribution >= 0.6 is 0 Å². The molecule has 2 unspecified atom stereocenters. The summed E-state index contributed by atoms with van der Waals surface area (Å²) in [4.78, 5) is 2.58. The number of ether oxygens (including phenoxy) is 1. The van der Waals surface area contributed by atoms with E-state index in [0.29, 0.717) is 18.6 Å². The number of nitrogens with zero attached hydrogens (tertiary/aromatic N) is 1. The smallest absolute Gasteiger partial charge is 0.122 e. The number of likely N-dealkylation sites (tertiary alicyclic amines) is 1. The number of hydrogen-bond acceptors (Lipinski definition) is 3. The Labute approximate surface area is 115 Å². The number of piperidine rings is 1. The first kappa shape index (κ1) is 12.9. The maximum absolute atomic E-state index is 6.07. The summed E-state index contributed by atoms with van der Waals surface area (Å²) < 4.78 is 5.59. The third-order valence-electron chi connectivity index (χ3n) is 4.58. The molecule has 0 saturated carbocycles. The van der Waals surface area contributed by atoms with E-state index in [0.717, 1.165) is 18.8 Å². The van der Waals surface area contributed by atoms with Crippen LogP contribution in [-0.4, -0.2) is 30.6 Å². The molecule has 1 aromatic rings. The van der Waals surface area contributed by atoms with Gasteiger partial charge in [0.2, 0.25) is 0 Å². The second kappa shape index (κ2) is 5.51. The molecular formula is C16H24N2O. The van der Waals surface area contributed by atoms with Gasteiger partial charge in [0.05, 0.1) is 6.61 Å². The Hall–Kier alpha value is -1.06. The molecule has 3 rings (SSSR count). The molecule has 0 aromatic heterocycles. The predicted octanol–water partition coefficient (Wildman–Crippen LogP) is 2.50. The molecular weight excluding hydrogens is 236 g/mol. The highest BCUT2D eigenvalue weighted by Gasteiger charge is 2.27. The molecule has 0 spiro atoms. The van der Waals surface area contributed by atoms with Crippen molar-refractivity contribution in [2.75, 3.05) is 19.7 Å². The summed E-state index contributed by atoms with van der Waals surface area (Å²) in [5, 5.41) is 0. The molecule has 0 aliphatic carbocycles. The molecule has 2 aliphatic heterocycles. The van der Waals surface area contributed by atoms with Gasteiger partial charge in [-0.15, -0.1) is 0 Å². The Kier molecular flexibility index (Phi) is 3.76. The van der Waals surface area contributed by atoms with Gasteiger partial charge in [-0.25, -0.2) is 0 Å². The molecule has 3 nitrogen and oxygen atoms in total. The molecule has 3 heteroatoms. The largest absolute Gasteiger partial charge is 0.493 e. The lowest BCUT2D eigenvalue weighted by molar-refractivity contribution is 0.109. The van der Waals surface area contributed by atoms with E-state index in [9.17, 15) is 0 Å². The minimum absolute atomic E-state index is 0.362. The zero-order valence-electron chi connectivity index (χ0n) is 11.8. The third-order valence-corrected chi connectivity index (χ3v) is 4.58. The van der Waals surface area contributed by atoms with Gasteiger partial charge in [-0.05, 0) is 43.5 Å². The zero-order chi connectivity index (χ0) is 13.2. The minimum Gasteiger partial charge on any atom is -0.493 e. The van der Waals surface area contributed by atoms with Crippen molar-refractivity contribution in [1.29, 1.82) is 0 Å². The van der Waals surface area contributed by atoms with E-state index in [2.05, 4.69) is 30.0 Å². The second-order valence-corrected chi connectivity index (χ2v) is 5.80. The molecule has 0 amide bonds. The van der Waals surface area contributed by atoms with Crippen molar-refractivity contribution < 1.29 is 4.74 Å². The van der Waals surface area contributed by atoms with E-state index in [1.165, 1.54) is 36.9 Å². The Balaban J connectivity index is 1.85. The Morgan fingerprint density at radius 1 is 1.42 bits per heavy atom. The van der Waals surface area contributed by atoms with Crippen LogP contribution in [0.25, 0.3) is 0 Å². The van der Waals surface area contributed by atoms with E-state index in [4.69, 9.17) is 10.5 Å². The Morgan fingerprint density at radius 2 is 2.32 bits per heavy atom. The first-order valence-electron chi connectivity index (χ1n) is 7.51. The highest BCUT2D eigenvalue weighted by atomic mass is 16.5.